The van der Waals surface area contributed by atoms with Crippen LogP contribution in [0.2, 0.25) is 0 Å². The van der Waals surface area contributed by atoms with Gasteiger partial charge in [0.25, 0.3) is 0 Å². The van der Waals surface area contributed by atoms with Crippen molar-refractivity contribution in [2.24, 2.45) is 0 Å². The summed E-state index contributed by atoms with van der Waals surface area (Å²) in [6.45, 7) is 2.38. The molecule has 0 aliphatic heterocycles. The molecule has 0 aliphatic carbocycles. The predicted octanol–water partition coefficient (Wildman–Crippen LogP) is 4.21. The highest BCUT2D eigenvalue weighted by atomic mass is 79.9. The molecular weight excluding hydrogens is 330 g/mol. The Labute approximate surface area is 124 Å². The second kappa shape index (κ2) is 6.33. The zero-order chi connectivity index (χ0) is 14.7. The van der Waals surface area contributed by atoms with Gasteiger partial charge in [-0.2, -0.15) is 0 Å². The lowest BCUT2D eigenvalue weighted by atomic mass is 10.0. The first-order valence-corrected chi connectivity index (χ1v) is 6.88. The van der Waals surface area contributed by atoms with Crippen LogP contribution >= 0.6 is 15.9 Å². The molecular formula is C15H13BrF2O2. The van der Waals surface area contributed by atoms with Crippen LogP contribution < -0.4 is 4.74 Å². The van der Waals surface area contributed by atoms with E-state index in [1.165, 1.54) is 6.07 Å². The zero-order valence-corrected chi connectivity index (χ0v) is 12.3. The van der Waals surface area contributed by atoms with Crippen LogP contribution in [0.1, 0.15) is 24.2 Å². The van der Waals surface area contributed by atoms with E-state index in [9.17, 15) is 13.9 Å². The SMILES string of the molecule is CCOc1ccc(C(O)c2c(F)ccc(Br)c2F)cc1. The van der Waals surface area contributed by atoms with Gasteiger partial charge in [-0.3, -0.25) is 0 Å². The van der Waals surface area contributed by atoms with Crippen molar-refractivity contribution in [2.75, 3.05) is 6.61 Å². The molecule has 2 rings (SSSR count). The largest absolute Gasteiger partial charge is 0.494 e. The first-order chi connectivity index (χ1) is 9.54. The minimum absolute atomic E-state index is 0.110. The Hall–Kier alpha value is -1.46. The fourth-order valence-electron chi connectivity index (χ4n) is 1.87. The first-order valence-electron chi connectivity index (χ1n) is 6.08. The number of benzene rings is 2. The number of aliphatic hydroxyl groups is 1. The van der Waals surface area contributed by atoms with Crippen LogP contribution in [0.5, 0.6) is 5.75 Å². The summed E-state index contributed by atoms with van der Waals surface area (Å²) in [5.74, 6) is -0.947. The maximum Gasteiger partial charge on any atom is 0.146 e. The number of halogens is 3. The van der Waals surface area contributed by atoms with Crippen LogP contribution in [0.4, 0.5) is 8.78 Å². The van der Waals surface area contributed by atoms with Gasteiger partial charge < -0.3 is 9.84 Å². The van der Waals surface area contributed by atoms with Crippen LogP contribution in [-0.4, -0.2) is 11.7 Å². The summed E-state index contributed by atoms with van der Waals surface area (Å²) in [7, 11) is 0. The molecule has 0 amide bonds. The maximum atomic E-state index is 13.9. The van der Waals surface area contributed by atoms with Crippen molar-refractivity contribution in [1.82, 2.24) is 0 Å². The van der Waals surface area contributed by atoms with Gasteiger partial charge in [0.05, 0.1) is 16.6 Å². The molecule has 1 atom stereocenters. The highest BCUT2D eigenvalue weighted by Crippen LogP contribution is 2.31. The standard InChI is InChI=1S/C15H13BrF2O2/c1-2-20-10-5-3-9(4-6-10)15(19)13-12(17)8-7-11(16)14(13)18/h3-8,15,19H,2H2,1H3. The van der Waals surface area contributed by atoms with Gasteiger partial charge in [0, 0.05) is 0 Å². The zero-order valence-electron chi connectivity index (χ0n) is 10.7. The van der Waals surface area contributed by atoms with E-state index in [0.29, 0.717) is 17.9 Å². The van der Waals surface area contributed by atoms with Crippen molar-refractivity contribution in [2.45, 2.75) is 13.0 Å². The average molecular weight is 343 g/mol. The van der Waals surface area contributed by atoms with E-state index in [4.69, 9.17) is 4.74 Å². The second-order valence-corrected chi connectivity index (χ2v) is 5.02. The van der Waals surface area contributed by atoms with E-state index in [0.717, 1.165) is 6.07 Å². The van der Waals surface area contributed by atoms with Gasteiger partial charge in [-0.15, -0.1) is 0 Å². The second-order valence-electron chi connectivity index (χ2n) is 4.16. The Bertz CT molecular complexity index is 600. The summed E-state index contributed by atoms with van der Waals surface area (Å²) in [4.78, 5) is 0. The summed E-state index contributed by atoms with van der Waals surface area (Å²) >= 11 is 2.98. The van der Waals surface area contributed by atoms with Crippen molar-refractivity contribution < 1.29 is 18.6 Å². The van der Waals surface area contributed by atoms with Gasteiger partial charge in [-0.1, -0.05) is 12.1 Å². The summed E-state index contributed by atoms with van der Waals surface area (Å²) in [6, 6.07) is 8.83. The van der Waals surface area contributed by atoms with Crippen LogP contribution in [0.3, 0.4) is 0 Å². The Kier molecular flexibility index (Phi) is 4.73. The fourth-order valence-corrected chi connectivity index (χ4v) is 2.22. The van der Waals surface area contributed by atoms with E-state index >= 15 is 0 Å². The highest BCUT2D eigenvalue weighted by Gasteiger charge is 2.21. The molecule has 2 aromatic carbocycles. The molecule has 20 heavy (non-hydrogen) atoms. The summed E-state index contributed by atoms with van der Waals surface area (Å²) < 4.78 is 33.0. The van der Waals surface area contributed by atoms with E-state index in [-0.39, 0.29) is 10.0 Å². The molecule has 2 nitrogen and oxygen atoms in total. The summed E-state index contributed by atoms with van der Waals surface area (Å²) in [6.07, 6.45) is -1.37. The van der Waals surface area contributed by atoms with E-state index in [1.807, 2.05) is 6.92 Å². The molecule has 0 bridgehead atoms. The number of rotatable bonds is 4. The number of hydrogen-bond acceptors (Lipinski definition) is 2. The first kappa shape index (κ1) is 14.9. The van der Waals surface area contributed by atoms with Gasteiger partial charge in [0.2, 0.25) is 0 Å². The van der Waals surface area contributed by atoms with Crippen molar-refractivity contribution >= 4 is 15.9 Å². The van der Waals surface area contributed by atoms with Crippen molar-refractivity contribution in [3.05, 3.63) is 63.6 Å². The number of ether oxygens (including phenoxy) is 1. The lowest BCUT2D eigenvalue weighted by Gasteiger charge is -2.14. The molecule has 0 heterocycles. The van der Waals surface area contributed by atoms with Crippen molar-refractivity contribution in [1.29, 1.82) is 0 Å². The minimum Gasteiger partial charge on any atom is -0.494 e. The van der Waals surface area contributed by atoms with Crippen LogP contribution in [0.15, 0.2) is 40.9 Å². The van der Waals surface area contributed by atoms with E-state index in [1.54, 1.807) is 24.3 Å². The molecule has 2 aromatic rings. The van der Waals surface area contributed by atoms with Crippen molar-refractivity contribution in [3.8, 4) is 5.75 Å². The Morgan fingerprint density at radius 1 is 1.15 bits per heavy atom. The molecule has 0 spiro atoms. The van der Waals surface area contributed by atoms with Crippen LogP contribution in [-0.2, 0) is 0 Å². The number of aliphatic hydroxyl groups excluding tert-OH is 1. The topological polar surface area (TPSA) is 29.5 Å². The smallest absolute Gasteiger partial charge is 0.146 e. The van der Waals surface area contributed by atoms with Gasteiger partial charge in [0.1, 0.15) is 23.5 Å². The third kappa shape index (κ3) is 2.99. The highest BCUT2D eigenvalue weighted by molar-refractivity contribution is 9.10. The van der Waals surface area contributed by atoms with E-state index in [2.05, 4.69) is 15.9 Å². The van der Waals surface area contributed by atoms with Gasteiger partial charge in [0.15, 0.2) is 0 Å². The number of hydrogen-bond donors (Lipinski definition) is 1. The molecule has 1 N–H and O–H groups in total. The Morgan fingerprint density at radius 3 is 2.40 bits per heavy atom. The van der Waals surface area contributed by atoms with Crippen molar-refractivity contribution in [3.63, 3.8) is 0 Å². The average Bonchev–Trinajstić information content (AvgIpc) is 2.44. The van der Waals surface area contributed by atoms with Crippen LogP contribution in [0.25, 0.3) is 0 Å². The van der Waals surface area contributed by atoms with Gasteiger partial charge in [-0.25, -0.2) is 8.78 Å². The molecule has 0 aromatic heterocycles. The molecule has 5 heteroatoms. The fraction of sp³-hybridized carbons (Fsp3) is 0.200. The minimum atomic E-state index is -1.37. The van der Waals surface area contributed by atoms with Gasteiger partial charge in [-0.05, 0) is 52.7 Å². The van der Waals surface area contributed by atoms with Gasteiger partial charge >= 0.3 is 0 Å². The monoisotopic (exact) mass is 342 g/mol. The lowest BCUT2D eigenvalue weighted by molar-refractivity contribution is 0.208. The lowest BCUT2D eigenvalue weighted by Crippen LogP contribution is -2.06. The predicted molar refractivity (Wildman–Crippen MR) is 75.7 cm³/mol. The summed E-state index contributed by atoms with van der Waals surface area (Å²) in [5.41, 5.74) is 0.0212. The third-order valence-corrected chi connectivity index (χ3v) is 3.47. The van der Waals surface area contributed by atoms with Crippen LogP contribution in [0, 0.1) is 11.6 Å². The quantitative estimate of drug-likeness (QED) is 0.843. The molecule has 0 radical (unpaired) electrons. The van der Waals surface area contributed by atoms with E-state index < -0.39 is 17.7 Å². The molecule has 0 aliphatic rings. The molecule has 0 fully saturated rings. The third-order valence-electron chi connectivity index (χ3n) is 2.86. The maximum absolute atomic E-state index is 13.9. The summed E-state index contributed by atoms with van der Waals surface area (Å²) in [5, 5.41) is 10.2. The molecule has 106 valence electrons. The Balaban J connectivity index is 2.36. The molecule has 1 unspecified atom stereocenters. The Morgan fingerprint density at radius 2 is 1.80 bits per heavy atom. The normalized spacial score (nSPS) is 12.2. The molecule has 0 saturated heterocycles. The molecule has 0 saturated carbocycles.